The van der Waals surface area contributed by atoms with Gasteiger partial charge in [-0.1, -0.05) is 141 Å². The standard InChI is InChI=1S/C49H32N2O2S/c1-49(2)37-16-8-6-14-36(37)45-38(49)25-26-42-47(45)53-46-33(15-10-17-41(46)52-42)29-19-21-30(22-20-29)39-28-40(51-48(50-39)31-11-4-3-5-12-31)32-23-24-35-34-13-7-9-18-43(34)54-44(35)27-32/h3-28H,1-2H3. The highest BCUT2D eigenvalue weighted by atomic mass is 32.1. The molecule has 0 amide bonds. The molecule has 0 saturated heterocycles. The first kappa shape index (κ1) is 31.0. The number of para-hydroxylation sites is 1. The van der Waals surface area contributed by atoms with Crippen LogP contribution in [0, 0.1) is 0 Å². The van der Waals surface area contributed by atoms with E-state index < -0.39 is 0 Å². The third kappa shape index (κ3) is 4.75. The maximum absolute atomic E-state index is 6.91. The summed E-state index contributed by atoms with van der Waals surface area (Å²) in [6.45, 7) is 4.56. The number of hydrogen-bond donors (Lipinski definition) is 0. The molecular formula is C49H32N2O2S. The summed E-state index contributed by atoms with van der Waals surface area (Å²) >= 11 is 1.82. The van der Waals surface area contributed by atoms with Crippen molar-refractivity contribution in [3.05, 3.63) is 169 Å². The van der Waals surface area contributed by atoms with E-state index in [1.54, 1.807) is 0 Å². The number of ether oxygens (including phenoxy) is 2. The van der Waals surface area contributed by atoms with Gasteiger partial charge in [-0.3, -0.25) is 0 Å². The number of nitrogens with zero attached hydrogens (tertiary/aromatic N) is 2. The Balaban J connectivity index is 0.984. The molecule has 0 fully saturated rings. The molecule has 0 bridgehead atoms. The molecule has 7 aromatic carbocycles. The predicted octanol–water partition coefficient (Wildman–Crippen LogP) is 13.7. The van der Waals surface area contributed by atoms with Crippen LogP contribution >= 0.6 is 11.3 Å². The zero-order chi connectivity index (χ0) is 36.0. The second-order valence-electron chi connectivity index (χ2n) is 14.5. The Bertz CT molecular complexity index is 2960. The van der Waals surface area contributed by atoms with E-state index in [2.05, 4.69) is 135 Å². The highest BCUT2D eigenvalue weighted by Gasteiger charge is 2.39. The molecule has 3 heterocycles. The molecule has 0 radical (unpaired) electrons. The Morgan fingerprint density at radius 1 is 0.463 bits per heavy atom. The SMILES string of the molecule is CC1(C)c2ccccc2-c2c1ccc1c2Oc2c(cccc2-c2ccc(-c3cc(-c4ccc5c(c4)sc4ccccc45)nc(-c4ccccc4)n3)cc2)O1. The lowest BCUT2D eigenvalue weighted by Gasteiger charge is -2.26. The summed E-state index contributed by atoms with van der Waals surface area (Å²) in [7, 11) is 0. The van der Waals surface area contributed by atoms with Crippen molar-refractivity contribution < 1.29 is 9.47 Å². The summed E-state index contributed by atoms with van der Waals surface area (Å²) in [6, 6.07) is 55.1. The van der Waals surface area contributed by atoms with Crippen molar-refractivity contribution in [1.82, 2.24) is 9.97 Å². The van der Waals surface area contributed by atoms with E-state index in [0.717, 1.165) is 62.0 Å². The van der Waals surface area contributed by atoms with Crippen LogP contribution in [0.15, 0.2) is 158 Å². The van der Waals surface area contributed by atoms with Crippen molar-refractivity contribution >= 4 is 31.5 Å². The minimum atomic E-state index is -0.132. The highest BCUT2D eigenvalue weighted by Crippen LogP contribution is 2.59. The Morgan fingerprint density at radius 3 is 2.02 bits per heavy atom. The van der Waals surface area contributed by atoms with Crippen LogP contribution in [-0.4, -0.2) is 9.97 Å². The Morgan fingerprint density at radius 2 is 1.15 bits per heavy atom. The molecule has 4 nitrogen and oxygen atoms in total. The number of hydrogen-bond acceptors (Lipinski definition) is 5. The van der Waals surface area contributed by atoms with Gasteiger partial charge < -0.3 is 9.47 Å². The molecule has 2 aromatic heterocycles. The summed E-state index contributed by atoms with van der Waals surface area (Å²) in [5, 5.41) is 2.56. The fourth-order valence-electron chi connectivity index (χ4n) is 8.24. The van der Waals surface area contributed by atoms with Crippen LogP contribution in [0.4, 0.5) is 0 Å². The van der Waals surface area contributed by atoms with Gasteiger partial charge in [0.05, 0.1) is 11.4 Å². The van der Waals surface area contributed by atoms with E-state index in [9.17, 15) is 0 Å². The Labute approximate surface area is 317 Å². The molecule has 1 aliphatic carbocycles. The minimum absolute atomic E-state index is 0.132. The largest absolute Gasteiger partial charge is 0.449 e. The maximum atomic E-state index is 6.91. The van der Waals surface area contributed by atoms with Crippen LogP contribution in [0.25, 0.3) is 76.3 Å². The summed E-state index contributed by atoms with van der Waals surface area (Å²) in [4.78, 5) is 10.2. The van der Waals surface area contributed by atoms with E-state index in [-0.39, 0.29) is 5.41 Å². The quantitative estimate of drug-likeness (QED) is 0.182. The van der Waals surface area contributed by atoms with E-state index in [4.69, 9.17) is 19.4 Å². The van der Waals surface area contributed by atoms with Gasteiger partial charge in [-0.25, -0.2) is 9.97 Å². The van der Waals surface area contributed by atoms with E-state index in [1.807, 2.05) is 47.7 Å². The number of rotatable bonds is 4. The molecule has 0 saturated carbocycles. The molecule has 0 unspecified atom stereocenters. The van der Waals surface area contributed by atoms with Crippen molar-refractivity contribution in [1.29, 1.82) is 0 Å². The lowest BCUT2D eigenvalue weighted by molar-refractivity contribution is 0.361. The normalized spacial score (nSPS) is 13.4. The highest BCUT2D eigenvalue weighted by molar-refractivity contribution is 7.25. The van der Waals surface area contributed by atoms with Gasteiger partial charge >= 0.3 is 0 Å². The molecular weight excluding hydrogens is 681 g/mol. The molecule has 9 aromatic rings. The van der Waals surface area contributed by atoms with E-state index >= 15 is 0 Å². The minimum Gasteiger partial charge on any atom is -0.449 e. The zero-order valence-corrected chi connectivity index (χ0v) is 30.4. The van der Waals surface area contributed by atoms with Crippen LogP contribution in [0.3, 0.4) is 0 Å². The second-order valence-corrected chi connectivity index (χ2v) is 15.6. The van der Waals surface area contributed by atoms with E-state index in [1.165, 1.54) is 36.9 Å². The topological polar surface area (TPSA) is 44.2 Å². The molecule has 0 spiro atoms. The van der Waals surface area contributed by atoms with Gasteiger partial charge in [0.25, 0.3) is 0 Å². The van der Waals surface area contributed by atoms with Crippen molar-refractivity contribution in [2.75, 3.05) is 0 Å². The van der Waals surface area contributed by atoms with Crippen LogP contribution in [0.5, 0.6) is 23.0 Å². The lowest BCUT2D eigenvalue weighted by atomic mass is 9.82. The van der Waals surface area contributed by atoms with Crippen molar-refractivity contribution in [2.24, 2.45) is 0 Å². The van der Waals surface area contributed by atoms with Crippen LogP contribution in [0.2, 0.25) is 0 Å². The monoisotopic (exact) mass is 712 g/mol. The van der Waals surface area contributed by atoms with Crippen molar-refractivity contribution in [3.8, 4) is 79.2 Å². The molecule has 256 valence electrons. The van der Waals surface area contributed by atoms with Gasteiger partial charge in [-0.15, -0.1) is 11.3 Å². The van der Waals surface area contributed by atoms with Gasteiger partial charge in [0.15, 0.2) is 28.8 Å². The average Bonchev–Trinajstić information content (AvgIpc) is 3.71. The van der Waals surface area contributed by atoms with Crippen LogP contribution in [-0.2, 0) is 5.41 Å². The number of thiophene rings is 1. The van der Waals surface area contributed by atoms with Crippen LogP contribution in [0.1, 0.15) is 25.0 Å². The first-order chi connectivity index (χ1) is 26.5. The molecule has 0 atom stereocenters. The van der Waals surface area contributed by atoms with E-state index in [0.29, 0.717) is 11.6 Å². The van der Waals surface area contributed by atoms with Crippen molar-refractivity contribution in [2.45, 2.75) is 19.3 Å². The van der Waals surface area contributed by atoms with Gasteiger partial charge in [0.2, 0.25) is 0 Å². The smallest absolute Gasteiger partial charge is 0.178 e. The lowest BCUT2D eigenvalue weighted by Crippen LogP contribution is -2.15. The summed E-state index contributed by atoms with van der Waals surface area (Å²) in [5.74, 6) is 3.64. The number of benzene rings is 7. The fraction of sp³-hybridized carbons (Fsp3) is 0.0612. The van der Waals surface area contributed by atoms with Gasteiger partial charge in [0, 0.05) is 53.4 Å². The summed E-state index contributed by atoms with van der Waals surface area (Å²) in [6.07, 6.45) is 0. The van der Waals surface area contributed by atoms with Gasteiger partial charge in [0.1, 0.15) is 0 Å². The molecule has 11 rings (SSSR count). The average molecular weight is 713 g/mol. The Hall–Kier alpha value is -6.56. The molecule has 0 N–H and O–H groups in total. The first-order valence-electron chi connectivity index (χ1n) is 18.2. The number of aromatic nitrogens is 2. The molecule has 5 heteroatoms. The van der Waals surface area contributed by atoms with Gasteiger partial charge in [-0.2, -0.15) is 0 Å². The van der Waals surface area contributed by atoms with Gasteiger partial charge in [-0.05, 0) is 52.6 Å². The summed E-state index contributed by atoms with van der Waals surface area (Å²) in [5.41, 5.74) is 11.5. The number of fused-ring (bicyclic) bond motifs is 9. The zero-order valence-electron chi connectivity index (χ0n) is 29.6. The first-order valence-corrected chi connectivity index (χ1v) is 19.0. The molecule has 2 aliphatic rings. The Kier molecular flexibility index (Phi) is 6.73. The predicted molar refractivity (Wildman–Crippen MR) is 221 cm³/mol. The maximum Gasteiger partial charge on any atom is 0.178 e. The molecule has 54 heavy (non-hydrogen) atoms. The third-order valence-corrected chi connectivity index (χ3v) is 12.1. The third-order valence-electron chi connectivity index (χ3n) is 11.0. The fourth-order valence-corrected chi connectivity index (χ4v) is 9.38. The molecule has 1 aliphatic heterocycles. The second kappa shape index (κ2) is 11.7. The van der Waals surface area contributed by atoms with Crippen molar-refractivity contribution in [3.63, 3.8) is 0 Å². The summed E-state index contributed by atoms with van der Waals surface area (Å²) < 4.78 is 16.0. The van der Waals surface area contributed by atoms with Crippen LogP contribution < -0.4 is 9.47 Å².